The lowest BCUT2D eigenvalue weighted by Crippen LogP contribution is -2.41. The Morgan fingerprint density at radius 1 is 1.12 bits per heavy atom. The van der Waals surface area contributed by atoms with Crippen molar-refractivity contribution in [1.29, 1.82) is 0 Å². The second-order valence-electron chi connectivity index (χ2n) is 7.76. The number of hydrogen-bond donors (Lipinski definition) is 2. The van der Waals surface area contributed by atoms with E-state index in [0.717, 1.165) is 44.7 Å². The number of amides is 2. The number of carbonyl (C=O) groups excluding carboxylic acids is 3. The summed E-state index contributed by atoms with van der Waals surface area (Å²) in [4.78, 5) is 38.0. The van der Waals surface area contributed by atoms with Gasteiger partial charge in [0.2, 0.25) is 11.8 Å². The fraction of sp³-hybridized carbons (Fsp3) is 0.435. The molecule has 1 aromatic carbocycles. The first-order chi connectivity index (χ1) is 15.5. The molecule has 0 saturated carbocycles. The number of Topliss-reactive ketones (excluding diaryl/α,β-unsaturated/α-hetero) is 1. The summed E-state index contributed by atoms with van der Waals surface area (Å²) in [6, 6.07) is 10.6. The topological polar surface area (TPSA) is 104 Å². The lowest BCUT2D eigenvalue weighted by atomic mass is 9.96. The van der Waals surface area contributed by atoms with Crippen LogP contribution in [0.4, 0.5) is 11.5 Å². The molecular weight excluding hydrogens is 426 g/mol. The summed E-state index contributed by atoms with van der Waals surface area (Å²) in [5.41, 5.74) is 1.15. The number of benzene rings is 1. The Kier molecular flexibility index (Phi) is 8.61. The summed E-state index contributed by atoms with van der Waals surface area (Å²) in [5.74, 6) is 0.967. The molecule has 170 valence electrons. The van der Waals surface area contributed by atoms with Gasteiger partial charge in [-0.2, -0.15) is 0 Å². The predicted molar refractivity (Wildman–Crippen MR) is 126 cm³/mol. The number of nitrogens with zero attached hydrogens (tertiary/aromatic N) is 3. The van der Waals surface area contributed by atoms with Crippen LogP contribution in [-0.4, -0.2) is 53.2 Å². The number of thioether (sulfide) groups is 1. The Morgan fingerprint density at radius 3 is 2.56 bits per heavy atom. The normalized spacial score (nSPS) is 14.1. The maximum absolute atomic E-state index is 12.2. The van der Waals surface area contributed by atoms with Crippen LogP contribution in [0.1, 0.15) is 43.5 Å². The van der Waals surface area contributed by atoms with Crippen molar-refractivity contribution < 1.29 is 14.4 Å². The summed E-state index contributed by atoms with van der Waals surface area (Å²) >= 11 is 1.30. The van der Waals surface area contributed by atoms with E-state index in [0.29, 0.717) is 16.3 Å². The molecule has 1 aliphatic rings. The number of carbonyl (C=O) groups is 3. The largest absolute Gasteiger partial charge is 0.356 e. The third-order valence-corrected chi connectivity index (χ3v) is 6.19. The van der Waals surface area contributed by atoms with Gasteiger partial charge in [-0.05, 0) is 50.5 Å². The molecule has 0 aliphatic carbocycles. The Bertz CT molecular complexity index is 943. The number of aromatic nitrogens is 2. The number of anilines is 2. The first-order valence-electron chi connectivity index (χ1n) is 10.9. The molecule has 0 bridgehead atoms. The van der Waals surface area contributed by atoms with Gasteiger partial charge in [0.25, 0.3) is 0 Å². The van der Waals surface area contributed by atoms with Crippen LogP contribution in [0.25, 0.3) is 0 Å². The summed E-state index contributed by atoms with van der Waals surface area (Å²) in [6.07, 6.45) is 2.55. The predicted octanol–water partition coefficient (Wildman–Crippen LogP) is 3.15. The first-order valence-corrected chi connectivity index (χ1v) is 11.8. The molecule has 1 saturated heterocycles. The van der Waals surface area contributed by atoms with Gasteiger partial charge in [0.1, 0.15) is 5.03 Å². The molecule has 0 radical (unpaired) electrons. The fourth-order valence-electron chi connectivity index (χ4n) is 3.47. The minimum Gasteiger partial charge on any atom is -0.356 e. The van der Waals surface area contributed by atoms with Gasteiger partial charge in [-0.1, -0.05) is 30.8 Å². The van der Waals surface area contributed by atoms with Gasteiger partial charge in [0.05, 0.1) is 5.75 Å². The maximum atomic E-state index is 12.2. The van der Waals surface area contributed by atoms with Gasteiger partial charge in [-0.3, -0.25) is 14.4 Å². The lowest BCUT2D eigenvalue weighted by molar-refractivity contribution is -0.125. The van der Waals surface area contributed by atoms with E-state index in [1.165, 1.54) is 18.7 Å². The number of piperidine rings is 1. The molecule has 9 heteroatoms. The van der Waals surface area contributed by atoms with E-state index in [2.05, 4.69) is 25.7 Å². The Labute approximate surface area is 192 Å². The van der Waals surface area contributed by atoms with Crippen molar-refractivity contribution in [3.8, 4) is 0 Å². The molecule has 2 N–H and O–H groups in total. The van der Waals surface area contributed by atoms with E-state index in [1.54, 1.807) is 24.3 Å². The van der Waals surface area contributed by atoms with Crippen LogP contribution in [0.15, 0.2) is 41.4 Å². The summed E-state index contributed by atoms with van der Waals surface area (Å²) in [5, 5.41) is 15.0. The minimum absolute atomic E-state index is 0.0465. The second-order valence-corrected chi connectivity index (χ2v) is 8.75. The van der Waals surface area contributed by atoms with E-state index in [9.17, 15) is 14.4 Å². The van der Waals surface area contributed by atoms with E-state index >= 15 is 0 Å². The molecule has 1 aromatic heterocycles. The van der Waals surface area contributed by atoms with E-state index in [4.69, 9.17) is 0 Å². The smallest absolute Gasteiger partial charge is 0.234 e. The summed E-state index contributed by atoms with van der Waals surface area (Å²) in [6.45, 7) is 5.81. The Balaban J connectivity index is 1.45. The molecule has 0 unspecified atom stereocenters. The quantitative estimate of drug-likeness (QED) is 0.442. The molecule has 1 aliphatic heterocycles. The monoisotopic (exact) mass is 455 g/mol. The van der Waals surface area contributed by atoms with Gasteiger partial charge < -0.3 is 15.5 Å². The zero-order valence-electron chi connectivity index (χ0n) is 18.5. The van der Waals surface area contributed by atoms with Gasteiger partial charge in [0.15, 0.2) is 11.6 Å². The fourth-order valence-corrected chi connectivity index (χ4v) is 4.09. The molecule has 2 amide bonds. The third kappa shape index (κ3) is 6.78. The summed E-state index contributed by atoms with van der Waals surface area (Å²) in [7, 11) is 0. The van der Waals surface area contributed by atoms with Gasteiger partial charge in [-0.25, -0.2) is 0 Å². The minimum atomic E-state index is -0.176. The number of nitrogens with one attached hydrogen (secondary N) is 2. The Morgan fingerprint density at radius 2 is 1.91 bits per heavy atom. The van der Waals surface area contributed by atoms with Crippen LogP contribution >= 0.6 is 11.8 Å². The lowest BCUT2D eigenvalue weighted by Gasteiger charge is -2.31. The average molecular weight is 456 g/mol. The molecule has 32 heavy (non-hydrogen) atoms. The van der Waals surface area contributed by atoms with Crippen molar-refractivity contribution in [2.24, 2.45) is 5.92 Å². The zero-order chi connectivity index (χ0) is 22.9. The second kappa shape index (κ2) is 11.6. The SMILES string of the molecule is CCCNC(=O)C1CCN(c2ccc(SCC(=O)Nc3cccc(C(C)=O)c3)nn2)CC1. The molecule has 2 heterocycles. The van der Waals surface area contributed by atoms with Crippen LogP contribution in [0.3, 0.4) is 0 Å². The van der Waals surface area contributed by atoms with Crippen LogP contribution in [0, 0.1) is 5.92 Å². The number of hydrogen-bond acceptors (Lipinski definition) is 7. The van der Waals surface area contributed by atoms with Crippen LogP contribution in [-0.2, 0) is 9.59 Å². The van der Waals surface area contributed by atoms with Crippen molar-refractivity contribution in [3.05, 3.63) is 42.0 Å². The molecule has 0 atom stereocenters. The highest BCUT2D eigenvalue weighted by Crippen LogP contribution is 2.23. The van der Waals surface area contributed by atoms with Crippen LogP contribution in [0.2, 0.25) is 0 Å². The molecule has 0 spiro atoms. The zero-order valence-corrected chi connectivity index (χ0v) is 19.3. The van der Waals surface area contributed by atoms with Gasteiger partial charge >= 0.3 is 0 Å². The maximum Gasteiger partial charge on any atom is 0.234 e. The highest BCUT2D eigenvalue weighted by atomic mass is 32.2. The van der Waals surface area contributed by atoms with Crippen molar-refractivity contribution >= 4 is 40.9 Å². The highest BCUT2D eigenvalue weighted by Gasteiger charge is 2.25. The van der Waals surface area contributed by atoms with Crippen molar-refractivity contribution in [2.75, 3.05) is 35.6 Å². The van der Waals surface area contributed by atoms with Gasteiger partial charge in [0, 0.05) is 36.8 Å². The van der Waals surface area contributed by atoms with Crippen LogP contribution < -0.4 is 15.5 Å². The molecule has 3 rings (SSSR count). The highest BCUT2D eigenvalue weighted by molar-refractivity contribution is 7.99. The molecule has 8 nitrogen and oxygen atoms in total. The van der Waals surface area contributed by atoms with E-state index < -0.39 is 0 Å². The number of rotatable bonds is 9. The van der Waals surface area contributed by atoms with Gasteiger partial charge in [-0.15, -0.1) is 10.2 Å². The van der Waals surface area contributed by atoms with Crippen LogP contribution in [0.5, 0.6) is 0 Å². The standard InChI is InChI=1S/C23H29N5O3S/c1-3-11-24-23(31)17-9-12-28(13-10-17)20-7-8-22(27-26-20)32-15-21(30)25-19-6-4-5-18(14-19)16(2)29/h4-8,14,17H,3,9-13,15H2,1-2H3,(H,24,31)(H,25,30). The third-order valence-electron chi connectivity index (χ3n) is 5.27. The molecule has 1 fully saturated rings. The van der Waals surface area contributed by atoms with Crippen molar-refractivity contribution in [3.63, 3.8) is 0 Å². The summed E-state index contributed by atoms with van der Waals surface area (Å²) < 4.78 is 0. The number of ketones is 1. The van der Waals surface area contributed by atoms with E-state index in [1.807, 2.05) is 19.1 Å². The van der Waals surface area contributed by atoms with E-state index in [-0.39, 0.29) is 29.3 Å². The molecular formula is C23H29N5O3S. The Hall–Kier alpha value is -2.94. The van der Waals surface area contributed by atoms with Crippen molar-refractivity contribution in [2.45, 2.75) is 38.1 Å². The average Bonchev–Trinajstić information content (AvgIpc) is 2.82. The first kappa shape index (κ1) is 23.7. The molecule has 2 aromatic rings. The van der Waals surface area contributed by atoms with Crippen molar-refractivity contribution in [1.82, 2.24) is 15.5 Å².